The van der Waals surface area contributed by atoms with Crippen LogP contribution in [0, 0.1) is 5.92 Å². The summed E-state index contributed by atoms with van der Waals surface area (Å²) in [6.45, 7) is 9.91. The van der Waals surface area contributed by atoms with Gasteiger partial charge in [0, 0.05) is 0 Å². The van der Waals surface area contributed by atoms with Crippen LogP contribution in [0.3, 0.4) is 0 Å². The zero-order valence-electron chi connectivity index (χ0n) is 17.1. The molecule has 2 aliphatic rings. The van der Waals surface area contributed by atoms with Crippen molar-refractivity contribution in [2.75, 3.05) is 0 Å². The predicted octanol–water partition coefficient (Wildman–Crippen LogP) is 0.894. The van der Waals surface area contributed by atoms with E-state index in [4.69, 9.17) is 0 Å². The Kier molecular flexibility index (Phi) is 8.43. The number of halogens is 2. The van der Waals surface area contributed by atoms with Crippen molar-refractivity contribution in [1.82, 2.24) is 0 Å². The molecule has 2 aliphatic carbocycles. The fourth-order valence-corrected chi connectivity index (χ4v) is 18.2. The second-order valence-electron chi connectivity index (χ2n) is 7.69. The molecule has 0 aliphatic heterocycles. The Morgan fingerprint density at radius 1 is 0.857 bits per heavy atom. The molecule has 0 fully saturated rings. The predicted molar refractivity (Wildman–Crippen MR) is 111 cm³/mol. The normalized spacial score (nSPS) is 16.6. The van der Waals surface area contributed by atoms with Gasteiger partial charge in [-0.25, -0.2) is 0 Å². The van der Waals surface area contributed by atoms with Crippen LogP contribution in [-0.2, 0) is 16.6 Å². The molecule has 0 saturated carbocycles. The zero-order chi connectivity index (χ0) is 18.3. The van der Waals surface area contributed by atoms with Gasteiger partial charge in [0.15, 0.2) is 0 Å². The van der Waals surface area contributed by atoms with E-state index in [0.29, 0.717) is 10.1 Å². The fourth-order valence-electron chi connectivity index (χ4n) is 4.86. The summed E-state index contributed by atoms with van der Waals surface area (Å²) in [5.41, 5.74) is 7.93. The molecule has 0 amide bonds. The molecule has 146 valence electrons. The average Bonchev–Trinajstić information content (AvgIpc) is 3.22. The molecule has 0 bridgehead atoms. The van der Waals surface area contributed by atoms with Gasteiger partial charge in [-0.15, -0.1) is 0 Å². The van der Waals surface area contributed by atoms with Crippen molar-refractivity contribution in [3.05, 3.63) is 81.3 Å². The molecule has 0 radical (unpaired) electrons. The topological polar surface area (TPSA) is 0 Å². The van der Waals surface area contributed by atoms with Gasteiger partial charge >= 0.3 is 165 Å². The third-order valence-electron chi connectivity index (χ3n) is 6.02. The van der Waals surface area contributed by atoms with Crippen molar-refractivity contribution in [3.63, 3.8) is 0 Å². The molecule has 0 saturated heterocycles. The molecule has 0 aromatic heterocycles. The molecular formula is C24H28Cl2SiTi. The minimum atomic E-state index is -1.48. The molecular weight excluding hydrogens is 435 g/mol. The van der Waals surface area contributed by atoms with Crippen LogP contribution < -0.4 is 24.8 Å². The van der Waals surface area contributed by atoms with E-state index in [2.05, 4.69) is 87.6 Å². The van der Waals surface area contributed by atoms with Crippen LogP contribution in [0.2, 0.25) is 13.1 Å². The van der Waals surface area contributed by atoms with E-state index in [-0.39, 0.29) is 31.0 Å². The summed E-state index contributed by atoms with van der Waals surface area (Å²) in [5, 5.41) is 0. The molecule has 2 aromatic rings. The van der Waals surface area contributed by atoms with E-state index in [9.17, 15) is 0 Å². The number of hydrogen-bond acceptors (Lipinski definition) is 0. The minimum absolute atomic E-state index is 0. The van der Waals surface area contributed by atoms with Crippen LogP contribution >= 0.6 is 0 Å². The van der Waals surface area contributed by atoms with Gasteiger partial charge in [0.2, 0.25) is 0 Å². The third-order valence-corrected chi connectivity index (χ3v) is 18.3. The molecule has 0 heterocycles. The molecule has 2 aromatic carbocycles. The number of hydrogen-bond donors (Lipinski definition) is 0. The van der Waals surface area contributed by atoms with Gasteiger partial charge in [0.05, 0.1) is 0 Å². The minimum Gasteiger partial charge on any atom is -1.00 e. The second kappa shape index (κ2) is 9.96. The van der Waals surface area contributed by atoms with Crippen molar-refractivity contribution in [2.24, 2.45) is 5.92 Å². The Labute approximate surface area is 189 Å². The molecule has 4 rings (SSSR count). The van der Waals surface area contributed by atoms with Gasteiger partial charge in [-0.1, -0.05) is 0 Å². The quantitative estimate of drug-likeness (QED) is 0.592. The van der Waals surface area contributed by atoms with Crippen LogP contribution in [0.25, 0.3) is 11.1 Å². The van der Waals surface area contributed by atoms with E-state index >= 15 is 0 Å². The number of allylic oxidation sites excluding steroid dienone is 4. The van der Waals surface area contributed by atoms with E-state index < -0.39 is 16.6 Å². The van der Waals surface area contributed by atoms with Gasteiger partial charge < -0.3 is 24.8 Å². The first-order valence-electron chi connectivity index (χ1n) is 9.94. The zero-order valence-corrected chi connectivity index (χ0v) is 21.2. The van der Waals surface area contributed by atoms with E-state index in [0.717, 1.165) is 0 Å². The maximum Gasteiger partial charge on any atom is -1.00 e. The SMILES string of the molecule is CCC1=[C]([Ti+2]([CH]2c3ccccc3-c3ccccc32)=[Si](C)C)C(CC)C=C1.[Cl-].[Cl-]. The first-order chi connectivity index (χ1) is 12.7. The van der Waals surface area contributed by atoms with E-state index in [1.54, 1.807) is 16.7 Å². The smallest absolute Gasteiger partial charge is 1.00 e. The molecule has 28 heavy (non-hydrogen) atoms. The Morgan fingerprint density at radius 2 is 1.39 bits per heavy atom. The van der Waals surface area contributed by atoms with Gasteiger partial charge in [0.1, 0.15) is 0 Å². The van der Waals surface area contributed by atoms with Crippen LogP contribution in [0.4, 0.5) is 0 Å². The number of benzene rings is 2. The van der Waals surface area contributed by atoms with Gasteiger partial charge in [0.25, 0.3) is 0 Å². The van der Waals surface area contributed by atoms with Crippen molar-refractivity contribution in [1.29, 1.82) is 0 Å². The van der Waals surface area contributed by atoms with Crippen molar-refractivity contribution < 1.29 is 41.4 Å². The van der Waals surface area contributed by atoms with Crippen LogP contribution in [0.15, 0.2) is 70.1 Å². The Morgan fingerprint density at radius 3 is 1.86 bits per heavy atom. The molecule has 4 heteroatoms. The molecule has 1 unspecified atom stereocenters. The third kappa shape index (κ3) is 3.89. The van der Waals surface area contributed by atoms with Gasteiger partial charge in [-0.05, 0) is 0 Å². The van der Waals surface area contributed by atoms with E-state index in [1.165, 1.54) is 24.0 Å². The van der Waals surface area contributed by atoms with Crippen molar-refractivity contribution >= 4 is 6.19 Å². The maximum absolute atomic E-state index is 2.59. The monoisotopic (exact) mass is 462 g/mol. The summed E-state index contributed by atoms with van der Waals surface area (Å²) in [6.07, 6.45) is 7.10. The van der Waals surface area contributed by atoms with Crippen LogP contribution in [-0.4, -0.2) is 6.19 Å². The summed E-state index contributed by atoms with van der Waals surface area (Å²) in [7, 11) is 0. The second-order valence-corrected chi connectivity index (χ2v) is 19.6. The fraction of sp³-hybridized carbons (Fsp3) is 0.333. The van der Waals surface area contributed by atoms with Crippen molar-refractivity contribution in [2.45, 2.75) is 44.0 Å². The summed E-state index contributed by atoms with van der Waals surface area (Å²) in [5.74, 6) is 0.708. The van der Waals surface area contributed by atoms with Crippen LogP contribution in [0.5, 0.6) is 0 Å². The number of rotatable bonds is 4. The first-order valence-corrected chi connectivity index (χ1v) is 16.5. The Bertz CT molecular complexity index is 909. The van der Waals surface area contributed by atoms with Crippen LogP contribution in [0.1, 0.15) is 42.0 Å². The summed E-state index contributed by atoms with van der Waals surface area (Å²) in [6, 6.07) is 18.5. The summed E-state index contributed by atoms with van der Waals surface area (Å²) >= 11 is -1.48. The maximum atomic E-state index is 2.59. The molecule has 0 spiro atoms. The van der Waals surface area contributed by atoms with Crippen molar-refractivity contribution in [3.8, 4) is 11.1 Å². The molecule has 1 atom stereocenters. The number of fused-ring (bicyclic) bond motifs is 3. The Balaban J connectivity index is 0.00000140. The molecule has 0 nitrogen and oxygen atoms in total. The summed E-state index contributed by atoms with van der Waals surface area (Å²) in [4.78, 5) is 0. The van der Waals surface area contributed by atoms with Gasteiger partial charge in [-0.3, -0.25) is 0 Å². The Hall–Kier alpha value is -0.569. The summed E-state index contributed by atoms with van der Waals surface area (Å²) < 4.78 is 2.61. The first kappa shape index (κ1) is 23.7. The largest absolute Gasteiger partial charge is 1.00 e. The molecule has 0 N–H and O–H groups in total. The standard InChI is InChI=1S/C13H9.C9H13.C2H6Si.2ClH.Ti/c1-3-7-12-10(5-1)9-11-6-2-4-8-13(11)12;1-3-8-5-6-9(4-2)7-8;1-3-2;;;/h1-9H;5-6,8H,3-4H2,1-2H3;1-2H3;2*1H;/q;;;;;+2/p-2. The van der Waals surface area contributed by atoms with E-state index in [1.807, 2.05) is 3.88 Å². The average molecular weight is 463 g/mol. The van der Waals surface area contributed by atoms with Gasteiger partial charge in [-0.2, -0.15) is 0 Å².